The first kappa shape index (κ1) is 14.4. The van der Waals surface area contributed by atoms with Gasteiger partial charge in [-0.1, -0.05) is 44.2 Å². The Hall–Kier alpha value is -1.02. The predicted molar refractivity (Wildman–Crippen MR) is 80.4 cm³/mol. The van der Waals surface area contributed by atoms with E-state index in [2.05, 4.69) is 5.32 Å². The van der Waals surface area contributed by atoms with Gasteiger partial charge in [0, 0.05) is 17.5 Å². The Morgan fingerprint density at radius 2 is 1.63 bits per heavy atom. The summed E-state index contributed by atoms with van der Waals surface area (Å²) in [6.07, 6.45) is 8.31. The van der Waals surface area contributed by atoms with Gasteiger partial charge in [0.25, 0.3) is 0 Å². The number of alkyl halides is 1. The zero-order valence-corrected chi connectivity index (χ0v) is 12.1. The van der Waals surface area contributed by atoms with Gasteiger partial charge in [0.1, 0.15) is 0 Å². The standard InChI is InChI=1S/C16H22ClNO/c17-12-13-8-10-15(11-9-13)18-16(19)14-6-4-2-1-3-5-7-14/h8-11,14H,1-7,12H2,(H,18,19). The van der Waals surface area contributed by atoms with Crippen LogP contribution in [-0.4, -0.2) is 5.91 Å². The minimum atomic E-state index is 0.181. The van der Waals surface area contributed by atoms with Gasteiger partial charge in [-0.25, -0.2) is 0 Å². The number of halogens is 1. The molecule has 1 aromatic carbocycles. The van der Waals surface area contributed by atoms with Crippen LogP contribution < -0.4 is 5.32 Å². The molecule has 0 aliphatic heterocycles. The van der Waals surface area contributed by atoms with Gasteiger partial charge >= 0.3 is 0 Å². The largest absolute Gasteiger partial charge is 0.326 e. The number of anilines is 1. The predicted octanol–water partition coefficient (Wildman–Crippen LogP) is 4.72. The lowest BCUT2D eigenvalue weighted by molar-refractivity contribution is -0.120. The van der Waals surface area contributed by atoms with E-state index < -0.39 is 0 Å². The first-order chi connectivity index (χ1) is 9.29. The van der Waals surface area contributed by atoms with Crippen molar-refractivity contribution in [3.05, 3.63) is 29.8 Å². The maximum atomic E-state index is 12.2. The normalized spacial score (nSPS) is 17.5. The van der Waals surface area contributed by atoms with Gasteiger partial charge in [-0.3, -0.25) is 4.79 Å². The van der Waals surface area contributed by atoms with Gasteiger partial charge in [0.15, 0.2) is 0 Å². The number of amides is 1. The number of carbonyl (C=O) groups is 1. The molecule has 2 rings (SSSR count). The molecule has 0 unspecified atom stereocenters. The van der Waals surface area contributed by atoms with Crippen LogP contribution in [0.5, 0.6) is 0 Å². The van der Waals surface area contributed by atoms with Crippen LogP contribution in [0.1, 0.15) is 50.5 Å². The highest BCUT2D eigenvalue weighted by Crippen LogP contribution is 2.23. The third-order valence-electron chi connectivity index (χ3n) is 3.85. The van der Waals surface area contributed by atoms with Crippen molar-refractivity contribution >= 4 is 23.2 Å². The number of hydrogen-bond acceptors (Lipinski definition) is 1. The van der Waals surface area contributed by atoms with Crippen molar-refractivity contribution in [3.63, 3.8) is 0 Å². The minimum absolute atomic E-state index is 0.181. The molecule has 1 saturated carbocycles. The lowest BCUT2D eigenvalue weighted by atomic mass is 9.90. The summed E-state index contributed by atoms with van der Waals surface area (Å²) < 4.78 is 0. The summed E-state index contributed by atoms with van der Waals surface area (Å²) in [7, 11) is 0. The Balaban J connectivity index is 1.90. The van der Waals surface area contributed by atoms with Gasteiger partial charge in [-0.2, -0.15) is 0 Å². The van der Waals surface area contributed by atoms with Gasteiger partial charge < -0.3 is 5.32 Å². The molecule has 1 aliphatic carbocycles. The van der Waals surface area contributed by atoms with Crippen molar-refractivity contribution in [2.24, 2.45) is 5.92 Å². The van der Waals surface area contributed by atoms with Crippen LogP contribution in [-0.2, 0) is 10.7 Å². The summed E-state index contributed by atoms with van der Waals surface area (Å²) in [5, 5.41) is 3.03. The van der Waals surface area contributed by atoms with E-state index in [0.29, 0.717) is 5.88 Å². The molecule has 2 nitrogen and oxygen atoms in total. The van der Waals surface area contributed by atoms with E-state index in [-0.39, 0.29) is 11.8 Å². The second kappa shape index (κ2) is 7.54. The van der Waals surface area contributed by atoms with E-state index in [1.165, 1.54) is 32.1 Å². The molecule has 0 spiro atoms. The van der Waals surface area contributed by atoms with E-state index in [4.69, 9.17) is 11.6 Å². The zero-order valence-electron chi connectivity index (χ0n) is 11.3. The summed E-state index contributed by atoms with van der Waals surface area (Å²) in [5.74, 6) is 0.880. The van der Waals surface area contributed by atoms with Crippen LogP contribution in [0.15, 0.2) is 24.3 Å². The fraction of sp³-hybridized carbons (Fsp3) is 0.562. The van der Waals surface area contributed by atoms with Crippen LogP contribution in [0.25, 0.3) is 0 Å². The Morgan fingerprint density at radius 1 is 1.05 bits per heavy atom. The molecule has 0 radical (unpaired) electrons. The molecule has 1 N–H and O–H groups in total. The highest BCUT2D eigenvalue weighted by atomic mass is 35.5. The van der Waals surface area contributed by atoms with Crippen LogP contribution >= 0.6 is 11.6 Å². The average molecular weight is 280 g/mol. The van der Waals surface area contributed by atoms with Gasteiger partial charge in [0.05, 0.1) is 0 Å². The molecule has 19 heavy (non-hydrogen) atoms. The molecule has 104 valence electrons. The summed E-state index contributed by atoms with van der Waals surface area (Å²) >= 11 is 5.75. The molecule has 1 aliphatic rings. The molecule has 0 atom stereocenters. The third-order valence-corrected chi connectivity index (χ3v) is 4.16. The van der Waals surface area contributed by atoms with Crippen LogP contribution in [0.3, 0.4) is 0 Å². The van der Waals surface area contributed by atoms with Crippen molar-refractivity contribution < 1.29 is 4.79 Å². The molecule has 0 bridgehead atoms. The average Bonchev–Trinajstić information content (AvgIpc) is 2.39. The molecular weight excluding hydrogens is 258 g/mol. The SMILES string of the molecule is O=C(Nc1ccc(CCl)cc1)C1CCCCCCC1. The summed E-state index contributed by atoms with van der Waals surface area (Å²) in [6.45, 7) is 0. The Kier molecular flexibility index (Phi) is 5.71. The second-order valence-corrected chi connectivity index (χ2v) is 5.63. The first-order valence-electron chi connectivity index (χ1n) is 7.25. The lowest BCUT2D eigenvalue weighted by Gasteiger charge is -2.19. The molecule has 0 saturated heterocycles. The van der Waals surface area contributed by atoms with Crippen LogP contribution in [0.2, 0.25) is 0 Å². The van der Waals surface area contributed by atoms with Crippen molar-refractivity contribution in [3.8, 4) is 0 Å². The van der Waals surface area contributed by atoms with E-state index in [9.17, 15) is 4.79 Å². The number of nitrogens with one attached hydrogen (secondary N) is 1. The molecule has 0 aromatic heterocycles. The first-order valence-corrected chi connectivity index (χ1v) is 7.79. The fourth-order valence-corrected chi connectivity index (χ4v) is 2.82. The number of carbonyl (C=O) groups excluding carboxylic acids is 1. The van der Waals surface area contributed by atoms with Crippen molar-refractivity contribution in [1.82, 2.24) is 0 Å². The topological polar surface area (TPSA) is 29.1 Å². The minimum Gasteiger partial charge on any atom is -0.326 e. The molecule has 0 heterocycles. The number of hydrogen-bond donors (Lipinski definition) is 1. The van der Waals surface area contributed by atoms with E-state index in [1.807, 2.05) is 24.3 Å². The molecule has 1 amide bonds. The summed E-state index contributed by atoms with van der Waals surface area (Å²) in [6, 6.07) is 7.78. The Morgan fingerprint density at radius 3 is 2.21 bits per heavy atom. The van der Waals surface area contributed by atoms with Crippen molar-refractivity contribution in [2.45, 2.75) is 50.8 Å². The van der Waals surface area contributed by atoms with E-state index in [1.54, 1.807) is 0 Å². The highest BCUT2D eigenvalue weighted by Gasteiger charge is 2.19. The van der Waals surface area contributed by atoms with E-state index >= 15 is 0 Å². The van der Waals surface area contributed by atoms with Crippen molar-refractivity contribution in [1.29, 1.82) is 0 Å². The molecule has 1 aromatic rings. The molecule has 3 heteroatoms. The van der Waals surface area contributed by atoms with Gasteiger partial charge in [-0.05, 0) is 30.5 Å². The van der Waals surface area contributed by atoms with Crippen LogP contribution in [0, 0.1) is 5.92 Å². The maximum absolute atomic E-state index is 12.2. The smallest absolute Gasteiger partial charge is 0.227 e. The van der Waals surface area contributed by atoms with Crippen molar-refractivity contribution in [2.75, 3.05) is 5.32 Å². The Labute approximate surface area is 120 Å². The zero-order chi connectivity index (χ0) is 13.5. The Bertz CT molecular complexity index is 394. The quantitative estimate of drug-likeness (QED) is 0.797. The second-order valence-electron chi connectivity index (χ2n) is 5.36. The van der Waals surface area contributed by atoms with E-state index in [0.717, 1.165) is 24.1 Å². The lowest BCUT2D eigenvalue weighted by Crippen LogP contribution is -2.23. The maximum Gasteiger partial charge on any atom is 0.227 e. The molecule has 1 fully saturated rings. The third kappa shape index (κ3) is 4.54. The summed E-state index contributed by atoms with van der Waals surface area (Å²) in [4.78, 5) is 12.2. The van der Waals surface area contributed by atoms with Gasteiger partial charge in [0.2, 0.25) is 5.91 Å². The monoisotopic (exact) mass is 279 g/mol. The number of benzene rings is 1. The fourth-order valence-electron chi connectivity index (χ4n) is 2.64. The van der Waals surface area contributed by atoms with Gasteiger partial charge in [-0.15, -0.1) is 11.6 Å². The number of rotatable bonds is 3. The van der Waals surface area contributed by atoms with Crippen LogP contribution in [0.4, 0.5) is 5.69 Å². The summed E-state index contributed by atoms with van der Waals surface area (Å²) in [5.41, 5.74) is 1.95. The molecular formula is C16H22ClNO. The highest BCUT2D eigenvalue weighted by molar-refractivity contribution is 6.17.